The van der Waals surface area contributed by atoms with Crippen LogP contribution in [-0.4, -0.2) is 50.1 Å². The molecule has 1 amide bonds. The Morgan fingerprint density at radius 2 is 2.16 bits per heavy atom. The number of hydrogen-bond donors (Lipinski definition) is 1. The summed E-state index contributed by atoms with van der Waals surface area (Å²) in [5.41, 5.74) is 0. The third-order valence-corrected chi connectivity index (χ3v) is 3.92. The molecule has 0 aliphatic carbocycles. The van der Waals surface area contributed by atoms with Crippen LogP contribution in [0, 0.1) is 11.8 Å². The molecule has 1 aliphatic heterocycles. The Bertz CT molecular complexity index is 320. The van der Waals surface area contributed by atoms with Crippen molar-refractivity contribution in [1.29, 1.82) is 0 Å². The van der Waals surface area contributed by atoms with Crippen LogP contribution in [0.4, 0.5) is 0 Å². The van der Waals surface area contributed by atoms with Gasteiger partial charge in [-0.25, -0.2) is 0 Å². The Kier molecular flexibility index (Phi) is 6.28. The zero-order chi connectivity index (χ0) is 14.4. The van der Waals surface area contributed by atoms with Crippen LogP contribution in [0.1, 0.15) is 33.1 Å². The number of piperidine rings is 1. The molecule has 19 heavy (non-hydrogen) atoms. The van der Waals surface area contributed by atoms with Crippen LogP contribution >= 0.6 is 0 Å². The third kappa shape index (κ3) is 4.49. The number of hydrogen-bond acceptors (Lipinski definition) is 4. The summed E-state index contributed by atoms with van der Waals surface area (Å²) < 4.78 is 4.68. The summed E-state index contributed by atoms with van der Waals surface area (Å²) in [5, 5.41) is 3.27. The van der Waals surface area contributed by atoms with Gasteiger partial charge in [-0.15, -0.1) is 0 Å². The summed E-state index contributed by atoms with van der Waals surface area (Å²) in [7, 11) is 3.12. The van der Waals surface area contributed by atoms with Crippen LogP contribution in [0.5, 0.6) is 0 Å². The molecule has 0 aromatic heterocycles. The van der Waals surface area contributed by atoms with Crippen molar-refractivity contribution in [2.24, 2.45) is 11.8 Å². The van der Waals surface area contributed by atoms with Gasteiger partial charge in [0.1, 0.15) is 0 Å². The van der Waals surface area contributed by atoms with Crippen LogP contribution in [0.2, 0.25) is 0 Å². The number of esters is 1. The molecule has 0 aromatic carbocycles. The summed E-state index contributed by atoms with van der Waals surface area (Å²) >= 11 is 0. The highest BCUT2D eigenvalue weighted by atomic mass is 16.5. The molecule has 3 atom stereocenters. The summed E-state index contributed by atoms with van der Waals surface area (Å²) in [5.74, 6) is 0.141. The molecule has 0 spiro atoms. The van der Waals surface area contributed by atoms with Gasteiger partial charge in [-0.1, -0.05) is 20.3 Å². The number of carbonyl (C=O) groups is 2. The highest BCUT2D eigenvalue weighted by molar-refractivity contribution is 5.82. The Labute approximate surface area is 115 Å². The molecule has 0 saturated carbocycles. The molecule has 5 heteroatoms. The molecule has 3 unspecified atom stereocenters. The second-order valence-corrected chi connectivity index (χ2v) is 5.45. The fourth-order valence-corrected chi connectivity index (χ4v) is 2.60. The van der Waals surface area contributed by atoms with Crippen molar-refractivity contribution in [2.75, 3.05) is 27.2 Å². The standard InChI is InChI=1S/C14H26N2O3/c1-5-11-6-7-15-12(8-11)13(17)16(3)9-10(2)14(18)19-4/h10-12,15H,5-9H2,1-4H3. The van der Waals surface area contributed by atoms with E-state index < -0.39 is 0 Å². The second-order valence-electron chi connectivity index (χ2n) is 5.45. The average Bonchev–Trinajstić information content (AvgIpc) is 2.45. The lowest BCUT2D eigenvalue weighted by molar-refractivity contribution is -0.146. The van der Waals surface area contributed by atoms with Crippen molar-refractivity contribution in [1.82, 2.24) is 10.2 Å². The first-order valence-corrected chi connectivity index (χ1v) is 7.05. The molecule has 5 nitrogen and oxygen atoms in total. The highest BCUT2D eigenvalue weighted by Gasteiger charge is 2.29. The number of methoxy groups -OCH3 is 1. The maximum atomic E-state index is 12.3. The van der Waals surface area contributed by atoms with E-state index in [2.05, 4.69) is 17.0 Å². The predicted octanol–water partition coefficient (Wildman–Crippen LogP) is 1.03. The van der Waals surface area contributed by atoms with Gasteiger partial charge in [0.2, 0.25) is 5.91 Å². The number of carbonyl (C=O) groups excluding carboxylic acids is 2. The molecule has 0 aromatic rings. The molecule has 0 radical (unpaired) electrons. The van der Waals surface area contributed by atoms with E-state index in [1.54, 1.807) is 18.9 Å². The van der Waals surface area contributed by atoms with E-state index in [9.17, 15) is 9.59 Å². The predicted molar refractivity (Wildman–Crippen MR) is 73.6 cm³/mol. The number of nitrogens with one attached hydrogen (secondary N) is 1. The Balaban J connectivity index is 2.49. The SMILES string of the molecule is CCC1CCNC(C(=O)N(C)CC(C)C(=O)OC)C1. The third-order valence-electron chi connectivity index (χ3n) is 3.92. The van der Waals surface area contributed by atoms with Gasteiger partial charge in [-0.3, -0.25) is 9.59 Å². The summed E-state index contributed by atoms with van der Waals surface area (Å²) in [6.07, 6.45) is 3.16. The minimum atomic E-state index is -0.287. The molecule has 110 valence electrons. The van der Waals surface area contributed by atoms with Crippen molar-refractivity contribution >= 4 is 11.9 Å². The Hall–Kier alpha value is -1.10. The van der Waals surface area contributed by atoms with Gasteiger partial charge in [-0.05, 0) is 25.3 Å². The lowest BCUT2D eigenvalue weighted by atomic mass is 9.90. The van der Waals surface area contributed by atoms with Gasteiger partial charge in [0.25, 0.3) is 0 Å². The van der Waals surface area contributed by atoms with Crippen molar-refractivity contribution in [3.63, 3.8) is 0 Å². The molecule has 1 N–H and O–H groups in total. The van der Waals surface area contributed by atoms with Crippen molar-refractivity contribution in [3.8, 4) is 0 Å². The van der Waals surface area contributed by atoms with Crippen LogP contribution < -0.4 is 5.32 Å². The monoisotopic (exact) mass is 270 g/mol. The zero-order valence-corrected chi connectivity index (χ0v) is 12.4. The second kappa shape index (κ2) is 7.48. The first-order chi connectivity index (χ1) is 8.99. The Morgan fingerprint density at radius 1 is 1.47 bits per heavy atom. The van der Waals surface area contributed by atoms with Crippen LogP contribution in [0.15, 0.2) is 0 Å². The molecule has 1 aliphatic rings. The normalized spacial score (nSPS) is 24.6. The maximum Gasteiger partial charge on any atom is 0.310 e. The smallest absolute Gasteiger partial charge is 0.310 e. The summed E-state index contributed by atoms with van der Waals surface area (Å²) in [6, 6.07) is -0.103. The lowest BCUT2D eigenvalue weighted by Crippen LogP contribution is -2.50. The summed E-state index contributed by atoms with van der Waals surface area (Å²) in [6.45, 7) is 5.25. The van der Waals surface area contributed by atoms with E-state index in [0.29, 0.717) is 12.5 Å². The first kappa shape index (κ1) is 16.0. The maximum absolute atomic E-state index is 12.3. The molecular weight excluding hydrogens is 244 g/mol. The number of amides is 1. The highest BCUT2D eigenvalue weighted by Crippen LogP contribution is 2.20. The largest absolute Gasteiger partial charge is 0.469 e. The quantitative estimate of drug-likeness (QED) is 0.758. The van der Waals surface area contributed by atoms with Crippen LogP contribution in [0.3, 0.4) is 0 Å². The van der Waals surface area contributed by atoms with E-state index >= 15 is 0 Å². The number of likely N-dealkylation sites (N-methyl/N-ethyl adjacent to an activating group) is 1. The Morgan fingerprint density at radius 3 is 2.74 bits per heavy atom. The molecular formula is C14H26N2O3. The van der Waals surface area contributed by atoms with E-state index in [1.165, 1.54) is 7.11 Å². The molecule has 1 fully saturated rings. The van der Waals surface area contributed by atoms with Gasteiger partial charge in [0, 0.05) is 13.6 Å². The van der Waals surface area contributed by atoms with Crippen molar-refractivity contribution in [3.05, 3.63) is 0 Å². The van der Waals surface area contributed by atoms with Crippen molar-refractivity contribution in [2.45, 2.75) is 39.2 Å². The van der Waals surface area contributed by atoms with E-state index in [0.717, 1.165) is 25.8 Å². The number of nitrogens with zero attached hydrogens (tertiary/aromatic N) is 1. The van der Waals surface area contributed by atoms with Crippen LogP contribution in [0.25, 0.3) is 0 Å². The number of rotatable bonds is 5. The van der Waals surface area contributed by atoms with E-state index in [-0.39, 0.29) is 23.8 Å². The molecule has 1 heterocycles. The van der Waals surface area contributed by atoms with E-state index in [1.807, 2.05) is 0 Å². The van der Waals surface area contributed by atoms with Crippen molar-refractivity contribution < 1.29 is 14.3 Å². The van der Waals surface area contributed by atoms with Gasteiger partial charge >= 0.3 is 5.97 Å². The summed E-state index contributed by atoms with van der Waals surface area (Å²) in [4.78, 5) is 25.3. The fourth-order valence-electron chi connectivity index (χ4n) is 2.60. The molecule has 1 saturated heterocycles. The minimum absolute atomic E-state index is 0.0777. The minimum Gasteiger partial charge on any atom is -0.469 e. The average molecular weight is 270 g/mol. The van der Waals surface area contributed by atoms with Gasteiger partial charge in [0.05, 0.1) is 19.1 Å². The van der Waals surface area contributed by atoms with Gasteiger partial charge in [0.15, 0.2) is 0 Å². The van der Waals surface area contributed by atoms with Gasteiger partial charge in [-0.2, -0.15) is 0 Å². The topological polar surface area (TPSA) is 58.6 Å². The first-order valence-electron chi connectivity index (χ1n) is 7.05. The van der Waals surface area contributed by atoms with E-state index in [4.69, 9.17) is 0 Å². The van der Waals surface area contributed by atoms with Gasteiger partial charge < -0.3 is 15.0 Å². The number of ether oxygens (including phenoxy) is 1. The van der Waals surface area contributed by atoms with Crippen LogP contribution in [-0.2, 0) is 14.3 Å². The molecule has 0 bridgehead atoms. The molecule has 1 rings (SSSR count). The fraction of sp³-hybridized carbons (Fsp3) is 0.857. The zero-order valence-electron chi connectivity index (χ0n) is 12.4. The lowest BCUT2D eigenvalue weighted by Gasteiger charge is -2.32.